The fourth-order valence-electron chi connectivity index (χ4n) is 4.21. The van der Waals surface area contributed by atoms with E-state index in [0.29, 0.717) is 12.1 Å². The second kappa shape index (κ2) is 10.2. The first-order valence-electron chi connectivity index (χ1n) is 11.2. The number of benzene rings is 1. The van der Waals surface area contributed by atoms with Gasteiger partial charge in [-0.15, -0.1) is 0 Å². The summed E-state index contributed by atoms with van der Waals surface area (Å²) in [5, 5.41) is 27.4. The lowest BCUT2D eigenvalue weighted by Gasteiger charge is -2.31. The number of nitrogens with one attached hydrogen (secondary N) is 1. The van der Waals surface area contributed by atoms with Gasteiger partial charge in [-0.2, -0.15) is 5.10 Å². The van der Waals surface area contributed by atoms with E-state index in [-0.39, 0.29) is 17.8 Å². The third-order valence-corrected chi connectivity index (χ3v) is 6.18. The maximum atomic E-state index is 13.3. The number of nitrogens with two attached hydrogens (primary N) is 1. The van der Waals surface area contributed by atoms with Gasteiger partial charge in [0, 0.05) is 31.9 Å². The molecule has 0 saturated carbocycles. The van der Waals surface area contributed by atoms with Crippen molar-refractivity contribution in [1.82, 2.24) is 19.7 Å². The number of amides is 2. The second-order valence-corrected chi connectivity index (χ2v) is 8.38. The smallest absolute Gasteiger partial charge is 0.348 e. The van der Waals surface area contributed by atoms with Gasteiger partial charge in [0.25, 0.3) is 5.91 Å². The summed E-state index contributed by atoms with van der Waals surface area (Å²) < 4.78 is 1.53. The largest absolute Gasteiger partial charge is 0.626 e. The van der Waals surface area contributed by atoms with E-state index in [4.69, 9.17) is 5.73 Å². The molecule has 3 heterocycles. The number of carbonyl (C=O) groups excluding carboxylic acids is 2. The molecule has 3 atom stereocenters. The van der Waals surface area contributed by atoms with Gasteiger partial charge in [0.1, 0.15) is 11.6 Å². The number of quaternary nitrogens is 1. The summed E-state index contributed by atoms with van der Waals surface area (Å²) in [5.74, 6) is -1.69. The summed E-state index contributed by atoms with van der Waals surface area (Å²) in [5.41, 5.74) is 8.02. The topological polar surface area (TPSA) is 142 Å². The number of likely N-dealkylation sites (N-methyl/N-ethyl adjacent to an activating group) is 1. The summed E-state index contributed by atoms with van der Waals surface area (Å²) in [6, 6.07) is 10.6. The molecule has 2 amide bonds. The number of hydrogen-bond acceptors (Lipinski definition) is 7. The number of rotatable bonds is 8. The van der Waals surface area contributed by atoms with Crippen molar-refractivity contribution < 1.29 is 19.8 Å². The van der Waals surface area contributed by atoms with E-state index in [1.165, 1.54) is 16.9 Å². The Morgan fingerprint density at radius 1 is 1.24 bits per heavy atom. The number of aliphatic hydroxyl groups is 1. The summed E-state index contributed by atoms with van der Waals surface area (Å²) in [6.07, 6.45) is 2.39. The van der Waals surface area contributed by atoms with Crippen LogP contribution in [0.5, 0.6) is 0 Å². The van der Waals surface area contributed by atoms with Crippen LogP contribution in [0.25, 0.3) is 5.82 Å². The third kappa shape index (κ3) is 4.90. The summed E-state index contributed by atoms with van der Waals surface area (Å²) in [6.45, 7) is 4.64. The van der Waals surface area contributed by atoms with Crippen LogP contribution in [0.1, 0.15) is 34.1 Å². The predicted octanol–water partition coefficient (Wildman–Crippen LogP) is -0.374. The lowest BCUT2D eigenvalue weighted by Crippen LogP contribution is -3.16. The van der Waals surface area contributed by atoms with E-state index in [1.54, 1.807) is 36.4 Å². The van der Waals surface area contributed by atoms with Crippen LogP contribution < -0.4 is 10.8 Å². The van der Waals surface area contributed by atoms with Crippen molar-refractivity contribution in [2.45, 2.75) is 38.5 Å². The van der Waals surface area contributed by atoms with E-state index >= 15 is 0 Å². The molecule has 1 aliphatic heterocycles. The molecule has 0 bridgehead atoms. The molecule has 0 fully saturated rings. The number of hydrogen-bond donors (Lipinski definition) is 3. The normalized spacial score (nSPS) is 16.4. The van der Waals surface area contributed by atoms with Crippen molar-refractivity contribution in [2.75, 3.05) is 13.1 Å². The second-order valence-electron chi connectivity index (χ2n) is 8.38. The molecule has 3 aromatic rings. The van der Waals surface area contributed by atoms with Crippen LogP contribution in [0.4, 0.5) is 0 Å². The van der Waals surface area contributed by atoms with E-state index in [2.05, 4.69) is 21.9 Å². The number of pyridine rings is 1. The van der Waals surface area contributed by atoms with Gasteiger partial charge in [-0.25, -0.2) is 14.5 Å². The monoisotopic (exact) mass is 464 g/mol. The van der Waals surface area contributed by atoms with Gasteiger partial charge in [-0.05, 0) is 36.2 Å². The Morgan fingerprint density at radius 2 is 2.00 bits per heavy atom. The first-order valence-corrected chi connectivity index (χ1v) is 11.2. The molecule has 34 heavy (non-hydrogen) atoms. The molecule has 0 spiro atoms. The zero-order valence-electron chi connectivity index (χ0n) is 18.9. The first kappa shape index (κ1) is 23.7. The maximum Gasteiger partial charge on any atom is 0.348 e. The molecule has 1 aromatic carbocycles. The van der Waals surface area contributed by atoms with Crippen LogP contribution in [-0.2, 0) is 24.2 Å². The minimum atomic E-state index is -1.80. The van der Waals surface area contributed by atoms with Crippen LogP contribution in [0.2, 0.25) is 0 Å². The lowest BCUT2D eigenvalue weighted by molar-refractivity contribution is -0.792. The maximum absolute atomic E-state index is 13.3. The molecular formula is C24H28N6O4. The summed E-state index contributed by atoms with van der Waals surface area (Å²) in [4.78, 5) is 31.7. The molecule has 178 valence electrons. The molecular weight excluding hydrogens is 436 g/mol. The van der Waals surface area contributed by atoms with Crippen molar-refractivity contribution in [2.24, 2.45) is 5.73 Å². The zero-order chi connectivity index (χ0) is 24.2. The highest BCUT2D eigenvalue weighted by Gasteiger charge is 2.35. The fraction of sp³-hybridized carbons (Fsp3) is 0.333. The SMILES string of the molecule is CCN1CCc2cn(-c3ncccc3C(=O)[NH+]([O-])C(Cc3ccccc3)C(O)C(N)=O)nc2C1. The highest BCUT2D eigenvalue weighted by atomic mass is 16.5. The fourth-order valence-corrected chi connectivity index (χ4v) is 4.21. The molecule has 0 aliphatic carbocycles. The average molecular weight is 465 g/mol. The highest BCUT2D eigenvalue weighted by molar-refractivity contribution is 5.91. The Balaban J connectivity index is 1.65. The van der Waals surface area contributed by atoms with Crippen molar-refractivity contribution in [3.8, 4) is 5.82 Å². The number of hydroxylamine groups is 2. The van der Waals surface area contributed by atoms with Gasteiger partial charge in [0.05, 0.1) is 5.69 Å². The Hall–Kier alpha value is -3.44. The molecule has 4 rings (SSSR count). The molecule has 0 saturated heterocycles. The summed E-state index contributed by atoms with van der Waals surface area (Å²) in [7, 11) is 0. The van der Waals surface area contributed by atoms with E-state index in [1.807, 2.05) is 6.20 Å². The quantitative estimate of drug-likeness (QED) is 0.386. The van der Waals surface area contributed by atoms with E-state index in [9.17, 15) is 19.9 Å². The number of aliphatic hydroxyl groups excluding tert-OH is 1. The lowest BCUT2D eigenvalue weighted by atomic mass is 10.00. The molecule has 2 aromatic heterocycles. The Morgan fingerprint density at radius 3 is 2.71 bits per heavy atom. The molecule has 10 nitrogen and oxygen atoms in total. The number of fused-ring (bicyclic) bond motifs is 1. The van der Waals surface area contributed by atoms with Gasteiger partial charge in [0.2, 0.25) is 0 Å². The number of aromatic nitrogens is 3. The standard InChI is InChI=1S/C24H28N6O4/c1-2-28-12-10-17-14-29(27-19(17)15-28)23-18(9-6-11-26-23)24(33)30(34)20(21(31)22(25)32)13-16-7-4-3-5-8-16/h3-9,11,14,20-21,30-31H,2,10,12-13,15H2,1H3,(H2,25,32). The highest BCUT2D eigenvalue weighted by Crippen LogP contribution is 2.20. The van der Waals surface area contributed by atoms with Gasteiger partial charge in [-0.3, -0.25) is 14.8 Å². The predicted molar refractivity (Wildman–Crippen MR) is 124 cm³/mol. The van der Waals surface area contributed by atoms with Crippen molar-refractivity contribution >= 4 is 11.8 Å². The van der Waals surface area contributed by atoms with Crippen LogP contribution in [-0.4, -0.2) is 61.8 Å². The van der Waals surface area contributed by atoms with Crippen LogP contribution in [0.15, 0.2) is 54.9 Å². The number of carbonyl (C=O) groups is 2. The van der Waals surface area contributed by atoms with Gasteiger partial charge in [0.15, 0.2) is 11.9 Å². The van der Waals surface area contributed by atoms with E-state index in [0.717, 1.165) is 30.8 Å². The molecule has 3 unspecified atom stereocenters. The molecule has 1 aliphatic rings. The first-order chi connectivity index (χ1) is 16.4. The Bertz CT molecular complexity index is 1170. The van der Waals surface area contributed by atoms with Crippen molar-refractivity contribution in [3.05, 3.63) is 82.4 Å². The molecule has 0 radical (unpaired) electrons. The van der Waals surface area contributed by atoms with Gasteiger partial charge < -0.3 is 16.0 Å². The van der Waals surface area contributed by atoms with E-state index < -0.39 is 29.0 Å². The minimum absolute atomic E-state index is 0.00592. The van der Waals surface area contributed by atoms with Gasteiger partial charge in [-0.1, -0.05) is 37.3 Å². The van der Waals surface area contributed by atoms with Crippen LogP contribution in [0, 0.1) is 5.21 Å². The van der Waals surface area contributed by atoms with Crippen LogP contribution >= 0.6 is 0 Å². The van der Waals surface area contributed by atoms with Crippen molar-refractivity contribution in [3.63, 3.8) is 0 Å². The Kier molecular flexibility index (Phi) is 7.13. The number of primary amides is 1. The average Bonchev–Trinajstić information content (AvgIpc) is 3.29. The number of nitrogens with zero attached hydrogens (tertiary/aromatic N) is 4. The third-order valence-electron chi connectivity index (χ3n) is 6.18. The summed E-state index contributed by atoms with van der Waals surface area (Å²) >= 11 is 0. The molecule has 10 heteroatoms. The Labute approximate surface area is 197 Å². The zero-order valence-corrected chi connectivity index (χ0v) is 18.9. The minimum Gasteiger partial charge on any atom is -0.626 e. The van der Waals surface area contributed by atoms with Crippen LogP contribution in [0.3, 0.4) is 0 Å². The van der Waals surface area contributed by atoms with Gasteiger partial charge >= 0.3 is 5.91 Å². The van der Waals surface area contributed by atoms with Crippen molar-refractivity contribution in [1.29, 1.82) is 0 Å². The molecule has 4 N–H and O–H groups in total.